The number of benzene rings is 1. The molecule has 1 aliphatic heterocycles. The van der Waals surface area contributed by atoms with Gasteiger partial charge in [0.25, 0.3) is 0 Å². The molecule has 2 N–H and O–H groups in total. The van der Waals surface area contributed by atoms with Crippen molar-refractivity contribution in [1.29, 1.82) is 0 Å². The van der Waals surface area contributed by atoms with E-state index in [4.69, 9.17) is 16.3 Å². The van der Waals surface area contributed by atoms with Crippen LogP contribution >= 0.6 is 11.6 Å². The van der Waals surface area contributed by atoms with Crippen LogP contribution in [-0.2, 0) is 10.0 Å². The van der Waals surface area contributed by atoms with E-state index in [2.05, 4.69) is 19.9 Å². The number of aromatic nitrogens is 1. The summed E-state index contributed by atoms with van der Waals surface area (Å²) < 4.78 is 34.4. The van der Waals surface area contributed by atoms with Gasteiger partial charge in [-0.1, -0.05) is 23.7 Å². The van der Waals surface area contributed by atoms with Crippen LogP contribution in [0.3, 0.4) is 0 Å². The van der Waals surface area contributed by atoms with Crippen molar-refractivity contribution in [2.45, 2.75) is 30.9 Å². The van der Waals surface area contributed by atoms with Gasteiger partial charge in [0.2, 0.25) is 15.9 Å². The van der Waals surface area contributed by atoms with E-state index in [1.165, 1.54) is 12.3 Å². The molecular weight excluding hydrogens is 412 g/mol. The van der Waals surface area contributed by atoms with Gasteiger partial charge >= 0.3 is 0 Å². The Morgan fingerprint density at radius 1 is 1.17 bits per heavy atom. The predicted molar refractivity (Wildman–Crippen MR) is 114 cm³/mol. The standard InChI is InChI=1S/C20H27ClN4O3S/c1-15(2)28-20-8-7-18(13-23-20)29(26,27)24-19(14-25-11-9-22-10-12-25)16-3-5-17(21)6-4-16/h3-8,13,15,19,22,24H,9-12,14H2,1-2H3. The van der Waals surface area contributed by atoms with E-state index in [1.54, 1.807) is 18.2 Å². The Hall–Kier alpha value is -1.71. The van der Waals surface area contributed by atoms with Crippen molar-refractivity contribution >= 4 is 21.6 Å². The van der Waals surface area contributed by atoms with Crippen LogP contribution < -0.4 is 14.8 Å². The number of sulfonamides is 1. The maximum Gasteiger partial charge on any atom is 0.242 e. The third-order valence-electron chi connectivity index (χ3n) is 4.60. The Labute approximate surface area is 177 Å². The number of ether oxygens (including phenoxy) is 1. The molecule has 0 aliphatic carbocycles. The quantitative estimate of drug-likeness (QED) is 0.658. The molecule has 1 fully saturated rings. The number of hydrogen-bond acceptors (Lipinski definition) is 6. The average Bonchev–Trinajstić information content (AvgIpc) is 2.69. The molecule has 0 amide bonds. The van der Waals surface area contributed by atoms with Crippen molar-refractivity contribution in [3.05, 3.63) is 53.2 Å². The first kappa shape index (κ1) is 22.0. The van der Waals surface area contributed by atoms with Crippen molar-refractivity contribution in [2.24, 2.45) is 0 Å². The largest absolute Gasteiger partial charge is 0.475 e. The first-order chi connectivity index (χ1) is 13.8. The summed E-state index contributed by atoms with van der Waals surface area (Å²) in [5.41, 5.74) is 0.865. The Balaban J connectivity index is 1.80. The normalized spacial score (nSPS) is 16.7. The van der Waals surface area contributed by atoms with E-state index in [9.17, 15) is 8.42 Å². The molecule has 0 saturated carbocycles. The van der Waals surface area contributed by atoms with Crippen molar-refractivity contribution in [1.82, 2.24) is 19.9 Å². The van der Waals surface area contributed by atoms with Crippen LogP contribution in [0.1, 0.15) is 25.5 Å². The molecule has 1 aromatic heterocycles. The summed E-state index contributed by atoms with van der Waals surface area (Å²) >= 11 is 6.01. The molecule has 158 valence electrons. The number of hydrogen-bond donors (Lipinski definition) is 2. The summed E-state index contributed by atoms with van der Waals surface area (Å²) in [4.78, 5) is 6.47. The molecule has 1 atom stereocenters. The highest BCUT2D eigenvalue weighted by atomic mass is 35.5. The molecule has 0 bridgehead atoms. The monoisotopic (exact) mass is 438 g/mol. The lowest BCUT2D eigenvalue weighted by Gasteiger charge is -2.31. The summed E-state index contributed by atoms with van der Waals surface area (Å²) in [6, 6.07) is 9.94. The second kappa shape index (κ2) is 9.86. The van der Waals surface area contributed by atoms with Crippen LogP contribution in [0.5, 0.6) is 5.88 Å². The van der Waals surface area contributed by atoms with Gasteiger partial charge in [-0.3, -0.25) is 4.90 Å². The van der Waals surface area contributed by atoms with Crippen molar-refractivity contribution in [3.63, 3.8) is 0 Å². The molecule has 1 aliphatic rings. The lowest BCUT2D eigenvalue weighted by atomic mass is 10.1. The summed E-state index contributed by atoms with van der Waals surface area (Å²) in [6.45, 7) is 7.87. The molecule has 3 rings (SSSR count). The fraction of sp³-hybridized carbons (Fsp3) is 0.450. The van der Waals surface area contributed by atoms with Crippen LogP contribution in [-0.4, -0.2) is 57.1 Å². The van der Waals surface area contributed by atoms with Gasteiger partial charge < -0.3 is 10.1 Å². The van der Waals surface area contributed by atoms with Gasteiger partial charge in [-0.2, -0.15) is 0 Å². The summed E-state index contributed by atoms with van der Waals surface area (Å²) in [7, 11) is -3.76. The predicted octanol–water partition coefficient (Wildman–Crippen LogP) is 2.45. The minimum atomic E-state index is -3.76. The molecule has 1 unspecified atom stereocenters. The summed E-state index contributed by atoms with van der Waals surface area (Å²) in [5.74, 6) is 0.397. The van der Waals surface area contributed by atoms with Gasteiger partial charge in [-0.25, -0.2) is 18.1 Å². The second-order valence-electron chi connectivity index (χ2n) is 7.27. The lowest BCUT2D eigenvalue weighted by Crippen LogP contribution is -2.47. The number of rotatable bonds is 8. The van der Waals surface area contributed by atoms with Crippen LogP contribution in [0, 0.1) is 0 Å². The molecule has 1 saturated heterocycles. The highest BCUT2D eigenvalue weighted by Crippen LogP contribution is 2.21. The maximum atomic E-state index is 13.0. The van der Waals surface area contributed by atoms with E-state index >= 15 is 0 Å². The van der Waals surface area contributed by atoms with Crippen molar-refractivity contribution < 1.29 is 13.2 Å². The van der Waals surface area contributed by atoms with Crippen LogP contribution in [0.25, 0.3) is 0 Å². The van der Waals surface area contributed by atoms with Gasteiger partial charge in [-0.15, -0.1) is 0 Å². The molecule has 0 radical (unpaired) electrons. The fourth-order valence-corrected chi connectivity index (χ4v) is 4.44. The van der Waals surface area contributed by atoms with E-state index < -0.39 is 16.1 Å². The lowest BCUT2D eigenvalue weighted by molar-refractivity contribution is 0.223. The number of halogens is 1. The molecule has 2 aromatic rings. The minimum absolute atomic E-state index is 0.0311. The van der Waals surface area contributed by atoms with Crippen LogP contribution in [0.4, 0.5) is 0 Å². The van der Waals surface area contributed by atoms with E-state index in [1.807, 2.05) is 26.0 Å². The first-order valence-corrected chi connectivity index (χ1v) is 11.5. The van der Waals surface area contributed by atoms with Crippen molar-refractivity contribution in [3.8, 4) is 5.88 Å². The van der Waals surface area contributed by atoms with Gasteiger partial charge in [0, 0.05) is 43.8 Å². The summed E-state index contributed by atoms with van der Waals surface area (Å²) in [6.07, 6.45) is 1.29. The SMILES string of the molecule is CC(C)Oc1ccc(S(=O)(=O)NC(CN2CCNCC2)c2ccc(Cl)cc2)cn1. The van der Waals surface area contributed by atoms with Gasteiger partial charge in [0.15, 0.2) is 0 Å². The topological polar surface area (TPSA) is 83.6 Å². The Kier molecular flexibility index (Phi) is 7.48. The molecular formula is C20H27ClN4O3S. The van der Waals surface area contributed by atoms with Crippen LogP contribution in [0.2, 0.25) is 5.02 Å². The highest BCUT2D eigenvalue weighted by Gasteiger charge is 2.25. The third-order valence-corrected chi connectivity index (χ3v) is 6.31. The van der Waals surface area contributed by atoms with E-state index in [0.29, 0.717) is 17.4 Å². The Morgan fingerprint density at radius 2 is 1.86 bits per heavy atom. The smallest absolute Gasteiger partial charge is 0.242 e. The van der Waals surface area contributed by atoms with E-state index in [0.717, 1.165) is 31.7 Å². The zero-order valence-electron chi connectivity index (χ0n) is 16.6. The molecule has 9 heteroatoms. The van der Waals surface area contributed by atoms with Gasteiger partial charge in [0.05, 0.1) is 18.3 Å². The zero-order chi connectivity index (χ0) is 20.9. The average molecular weight is 439 g/mol. The third kappa shape index (κ3) is 6.38. The Bertz CT molecular complexity index is 883. The van der Waals surface area contributed by atoms with Gasteiger partial charge in [0.1, 0.15) is 4.90 Å². The molecule has 1 aromatic carbocycles. The minimum Gasteiger partial charge on any atom is -0.475 e. The van der Waals surface area contributed by atoms with E-state index in [-0.39, 0.29) is 11.0 Å². The molecule has 7 nitrogen and oxygen atoms in total. The first-order valence-electron chi connectivity index (χ1n) is 9.67. The molecule has 2 heterocycles. The number of piperazine rings is 1. The van der Waals surface area contributed by atoms with Crippen LogP contribution in [0.15, 0.2) is 47.5 Å². The van der Waals surface area contributed by atoms with Gasteiger partial charge in [-0.05, 0) is 37.6 Å². The molecule has 29 heavy (non-hydrogen) atoms. The maximum absolute atomic E-state index is 13.0. The fourth-order valence-electron chi connectivity index (χ4n) is 3.15. The van der Waals surface area contributed by atoms with Crippen molar-refractivity contribution in [2.75, 3.05) is 32.7 Å². The second-order valence-corrected chi connectivity index (χ2v) is 9.43. The summed E-state index contributed by atoms with van der Waals surface area (Å²) in [5, 5.41) is 3.92. The molecule has 0 spiro atoms. The number of nitrogens with one attached hydrogen (secondary N) is 2. The number of nitrogens with zero attached hydrogens (tertiary/aromatic N) is 2. The Morgan fingerprint density at radius 3 is 2.45 bits per heavy atom. The number of pyridine rings is 1. The highest BCUT2D eigenvalue weighted by molar-refractivity contribution is 7.89. The zero-order valence-corrected chi connectivity index (χ0v) is 18.2.